The van der Waals surface area contributed by atoms with Gasteiger partial charge in [0.15, 0.2) is 11.6 Å². The van der Waals surface area contributed by atoms with Crippen molar-refractivity contribution in [3.8, 4) is 16.9 Å². The van der Waals surface area contributed by atoms with Crippen LogP contribution in [0.1, 0.15) is 40.7 Å². The highest BCUT2D eigenvalue weighted by Gasteiger charge is 2.47. The zero-order valence-electron chi connectivity index (χ0n) is 21.6. The molecule has 2 N–H and O–H groups in total. The van der Waals surface area contributed by atoms with Crippen LogP contribution in [0.15, 0.2) is 57.8 Å². The number of amides is 3. The fourth-order valence-corrected chi connectivity index (χ4v) is 5.14. The summed E-state index contributed by atoms with van der Waals surface area (Å²) in [5.41, 5.74) is 5.28. The minimum absolute atomic E-state index is 0.0359. The van der Waals surface area contributed by atoms with Crippen molar-refractivity contribution in [1.82, 2.24) is 25.5 Å². The summed E-state index contributed by atoms with van der Waals surface area (Å²) in [5.74, 6) is 1.96. The van der Waals surface area contributed by atoms with E-state index >= 15 is 0 Å². The van der Waals surface area contributed by atoms with Gasteiger partial charge < -0.3 is 24.0 Å². The van der Waals surface area contributed by atoms with Gasteiger partial charge in [-0.1, -0.05) is 34.6 Å². The number of hydrogen-bond acceptors (Lipinski definition) is 8. The predicted octanol–water partition coefficient (Wildman–Crippen LogP) is 4.05. The van der Waals surface area contributed by atoms with Gasteiger partial charge in [-0.15, -0.1) is 0 Å². The molecule has 39 heavy (non-hydrogen) atoms. The average Bonchev–Trinajstić information content (AvgIpc) is 3.36. The summed E-state index contributed by atoms with van der Waals surface area (Å²) in [4.78, 5) is 31.9. The van der Waals surface area contributed by atoms with Crippen molar-refractivity contribution < 1.29 is 23.4 Å². The first-order chi connectivity index (χ1) is 19.0. The Balaban J connectivity index is 1.24. The van der Waals surface area contributed by atoms with Crippen LogP contribution in [0, 0.1) is 12.8 Å². The smallest absolute Gasteiger partial charge is 0.323 e. The van der Waals surface area contributed by atoms with Crippen LogP contribution in [-0.4, -0.2) is 45.8 Å². The Bertz CT molecular complexity index is 1510. The maximum absolute atomic E-state index is 13.0. The molecule has 3 amide bonds. The van der Waals surface area contributed by atoms with E-state index in [1.807, 2.05) is 24.3 Å². The highest BCUT2D eigenvalue weighted by molar-refractivity contribution is 5.88. The van der Waals surface area contributed by atoms with Gasteiger partial charge in [0.25, 0.3) is 0 Å². The van der Waals surface area contributed by atoms with Crippen molar-refractivity contribution in [3.63, 3.8) is 0 Å². The van der Waals surface area contributed by atoms with E-state index in [4.69, 9.17) is 13.8 Å². The van der Waals surface area contributed by atoms with Gasteiger partial charge in [0.05, 0.1) is 18.9 Å². The Labute approximate surface area is 224 Å². The van der Waals surface area contributed by atoms with Gasteiger partial charge in [0.1, 0.15) is 12.0 Å². The number of methoxy groups -OCH3 is 1. The Morgan fingerprint density at radius 1 is 1.15 bits per heavy atom. The highest BCUT2D eigenvalue weighted by Crippen LogP contribution is 2.47. The van der Waals surface area contributed by atoms with E-state index in [2.05, 4.69) is 38.1 Å². The van der Waals surface area contributed by atoms with Crippen LogP contribution in [0.25, 0.3) is 11.1 Å². The van der Waals surface area contributed by atoms with Gasteiger partial charge in [0, 0.05) is 25.7 Å². The standard InChI is InChI=1S/C28H28N6O5/c1-16-30-27(39-32-16)23-13-22(23)26(35)29-14-18-6-7-20(17-4-3-5-19(12-17)37-2)21-8-10-34(15-24(18)21)28(36)31-25-9-11-38-33-25/h3-7,9,11-12,22-23H,8,10,13-15H2,1-2H3,(H,29,35)(H,31,33,36)/t22-,23-/m1/s1. The first-order valence-electron chi connectivity index (χ1n) is 12.8. The number of nitrogens with zero attached hydrogens (tertiary/aromatic N) is 4. The number of anilines is 1. The maximum Gasteiger partial charge on any atom is 0.323 e. The van der Waals surface area contributed by atoms with Crippen molar-refractivity contribution in [2.75, 3.05) is 19.0 Å². The number of aromatic nitrogens is 3. The van der Waals surface area contributed by atoms with E-state index in [-0.39, 0.29) is 23.8 Å². The largest absolute Gasteiger partial charge is 0.497 e. The lowest BCUT2D eigenvalue weighted by molar-refractivity contribution is -0.122. The average molecular weight is 529 g/mol. The zero-order chi connectivity index (χ0) is 26.9. The summed E-state index contributed by atoms with van der Waals surface area (Å²) in [5, 5.41) is 13.5. The molecule has 6 rings (SSSR count). The number of ether oxygens (including phenoxy) is 1. The number of carbonyl (C=O) groups is 2. The third-order valence-electron chi connectivity index (χ3n) is 7.29. The molecule has 2 aromatic carbocycles. The number of benzene rings is 2. The monoisotopic (exact) mass is 528 g/mol. The second kappa shape index (κ2) is 10.2. The Hall–Kier alpha value is -4.67. The van der Waals surface area contributed by atoms with Crippen LogP contribution in [-0.2, 0) is 24.3 Å². The molecule has 3 heterocycles. The van der Waals surface area contributed by atoms with E-state index in [9.17, 15) is 9.59 Å². The summed E-state index contributed by atoms with van der Waals surface area (Å²) < 4.78 is 15.5. The van der Waals surface area contributed by atoms with E-state index in [0.717, 1.165) is 33.6 Å². The van der Waals surface area contributed by atoms with Crippen LogP contribution in [0.3, 0.4) is 0 Å². The molecule has 11 nitrogen and oxygen atoms in total. The maximum atomic E-state index is 13.0. The summed E-state index contributed by atoms with van der Waals surface area (Å²) in [7, 11) is 1.65. The van der Waals surface area contributed by atoms with Gasteiger partial charge in [-0.05, 0) is 59.7 Å². The molecule has 0 bridgehead atoms. The fourth-order valence-electron chi connectivity index (χ4n) is 5.14. The van der Waals surface area contributed by atoms with E-state index < -0.39 is 0 Å². The first kappa shape index (κ1) is 24.7. The number of fused-ring (bicyclic) bond motifs is 1. The van der Waals surface area contributed by atoms with Crippen LogP contribution in [0.2, 0.25) is 0 Å². The summed E-state index contributed by atoms with van der Waals surface area (Å²) in [6.45, 7) is 3.05. The van der Waals surface area contributed by atoms with Crippen LogP contribution in [0.5, 0.6) is 5.75 Å². The molecule has 4 aromatic rings. The Morgan fingerprint density at radius 3 is 2.82 bits per heavy atom. The molecule has 200 valence electrons. The number of hydrogen-bond donors (Lipinski definition) is 2. The van der Waals surface area contributed by atoms with E-state index in [1.54, 1.807) is 25.0 Å². The lowest BCUT2D eigenvalue weighted by atomic mass is 9.87. The summed E-state index contributed by atoms with van der Waals surface area (Å²) >= 11 is 0. The zero-order valence-corrected chi connectivity index (χ0v) is 21.6. The molecular formula is C28H28N6O5. The molecule has 2 aromatic heterocycles. The molecule has 0 spiro atoms. The first-order valence-corrected chi connectivity index (χ1v) is 12.8. The lowest BCUT2D eigenvalue weighted by Crippen LogP contribution is -2.40. The van der Waals surface area contributed by atoms with Gasteiger partial charge in [-0.25, -0.2) is 4.79 Å². The van der Waals surface area contributed by atoms with Crippen LogP contribution in [0.4, 0.5) is 10.6 Å². The molecule has 0 radical (unpaired) electrons. The van der Waals surface area contributed by atoms with Gasteiger partial charge >= 0.3 is 6.03 Å². The number of rotatable bonds is 7. The fraction of sp³-hybridized carbons (Fsp3) is 0.321. The molecule has 2 atom stereocenters. The van der Waals surface area contributed by atoms with Crippen molar-refractivity contribution in [1.29, 1.82) is 0 Å². The molecule has 1 aliphatic carbocycles. The van der Waals surface area contributed by atoms with Crippen LogP contribution >= 0.6 is 0 Å². The van der Waals surface area contributed by atoms with Crippen molar-refractivity contribution >= 4 is 17.8 Å². The van der Waals surface area contributed by atoms with E-state index in [1.165, 1.54) is 6.26 Å². The number of nitrogens with one attached hydrogen (secondary N) is 2. The Morgan fingerprint density at radius 2 is 2.05 bits per heavy atom. The van der Waals surface area contributed by atoms with Crippen LogP contribution < -0.4 is 15.4 Å². The number of urea groups is 1. The van der Waals surface area contributed by atoms with Crippen molar-refractivity contribution in [3.05, 3.63) is 77.1 Å². The number of carbonyl (C=O) groups excluding carboxylic acids is 2. The SMILES string of the molecule is COc1cccc(-c2ccc(CNC(=O)[C@@H]3C[C@H]3c3nc(C)no3)c3c2CCN(C(=O)Nc2ccon2)C3)c1. The number of aryl methyl sites for hydroxylation is 1. The molecular weight excluding hydrogens is 500 g/mol. The second-order valence-electron chi connectivity index (χ2n) is 9.79. The molecule has 1 saturated carbocycles. The van der Waals surface area contributed by atoms with Crippen molar-refractivity contribution in [2.45, 2.75) is 38.8 Å². The molecule has 2 aliphatic rings. The molecule has 1 aliphatic heterocycles. The van der Waals surface area contributed by atoms with Gasteiger partial charge in [-0.2, -0.15) is 4.98 Å². The normalized spacial score (nSPS) is 17.8. The van der Waals surface area contributed by atoms with Crippen molar-refractivity contribution in [2.24, 2.45) is 5.92 Å². The summed E-state index contributed by atoms with van der Waals surface area (Å²) in [6.07, 6.45) is 2.76. The molecule has 1 fully saturated rings. The lowest BCUT2D eigenvalue weighted by Gasteiger charge is -2.32. The topological polar surface area (TPSA) is 136 Å². The molecule has 0 unspecified atom stereocenters. The summed E-state index contributed by atoms with van der Waals surface area (Å²) in [6, 6.07) is 13.4. The second-order valence-corrected chi connectivity index (χ2v) is 9.79. The third kappa shape index (κ3) is 5.07. The third-order valence-corrected chi connectivity index (χ3v) is 7.29. The predicted molar refractivity (Wildman–Crippen MR) is 140 cm³/mol. The van der Waals surface area contributed by atoms with Gasteiger partial charge in [-0.3, -0.25) is 10.1 Å². The Kier molecular flexibility index (Phi) is 6.47. The minimum atomic E-state index is -0.257. The highest BCUT2D eigenvalue weighted by atomic mass is 16.5. The van der Waals surface area contributed by atoms with E-state index in [0.29, 0.717) is 50.0 Å². The quantitative estimate of drug-likeness (QED) is 0.367. The molecule has 0 saturated heterocycles. The van der Waals surface area contributed by atoms with Gasteiger partial charge in [0.2, 0.25) is 11.8 Å². The molecule has 11 heteroatoms. The minimum Gasteiger partial charge on any atom is -0.497 e.